The minimum absolute atomic E-state index is 0.00102. The molecule has 7 nitrogen and oxygen atoms in total. The zero-order valence-electron chi connectivity index (χ0n) is 13.2. The molecule has 1 aliphatic rings. The lowest BCUT2D eigenvalue weighted by molar-refractivity contribution is -0.384. The Labute approximate surface area is 143 Å². The normalized spacial score (nSPS) is 15.5. The predicted molar refractivity (Wildman–Crippen MR) is 93.4 cm³/mol. The Balaban J connectivity index is 2.01. The number of anilines is 1. The molecule has 0 bridgehead atoms. The van der Waals surface area contributed by atoms with E-state index in [-0.39, 0.29) is 11.2 Å². The number of hydrogen-bond donors (Lipinski definition) is 0. The van der Waals surface area contributed by atoms with Crippen LogP contribution in [-0.2, 0) is 0 Å². The van der Waals surface area contributed by atoms with Gasteiger partial charge in [0.15, 0.2) is 0 Å². The lowest BCUT2D eigenvalue weighted by Crippen LogP contribution is -2.44. The molecule has 8 heteroatoms. The molecule has 0 aliphatic carbocycles. The largest absolute Gasteiger partial charge is 0.363 e. The number of nitro benzene ring substituents is 1. The average Bonchev–Trinajstić information content (AvgIpc) is 2.55. The van der Waals surface area contributed by atoms with Crippen LogP contribution in [0.1, 0.15) is 0 Å². The van der Waals surface area contributed by atoms with E-state index in [9.17, 15) is 14.9 Å². The van der Waals surface area contributed by atoms with E-state index >= 15 is 0 Å². The number of pyridine rings is 1. The van der Waals surface area contributed by atoms with Gasteiger partial charge in [-0.25, -0.2) is 0 Å². The standard InChI is InChI=1S/C16H17ClN4O3/c1-18-6-8-19(9-7-18)14-3-2-13(11-15(14)21(23)24)20-5-4-12(17)10-16(20)22/h2-5,10-11H,6-9H2,1H3. The number of hydrogen-bond acceptors (Lipinski definition) is 5. The van der Waals surface area contributed by atoms with Crippen LogP contribution in [0.25, 0.3) is 5.69 Å². The van der Waals surface area contributed by atoms with Gasteiger partial charge in [0.1, 0.15) is 5.69 Å². The van der Waals surface area contributed by atoms with E-state index in [0.717, 1.165) is 26.2 Å². The van der Waals surface area contributed by atoms with E-state index in [4.69, 9.17) is 11.6 Å². The Hall–Kier alpha value is -2.38. The van der Waals surface area contributed by atoms with Crippen LogP contribution >= 0.6 is 11.6 Å². The highest BCUT2D eigenvalue weighted by Gasteiger charge is 2.23. The second-order valence-electron chi connectivity index (χ2n) is 5.77. The van der Waals surface area contributed by atoms with Gasteiger partial charge in [0, 0.05) is 49.5 Å². The predicted octanol–water partition coefficient (Wildman–Crippen LogP) is 2.15. The van der Waals surface area contributed by atoms with Crippen LogP contribution in [0, 0.1) is 10.1 Å². The van der Waals surface area contributed by atoms with Crippen molar-refractivity contribution in [2.75, 3.05) is 38.1 Å². The number of benzene rings is 1. The van der Waals surface area contributed by atoms with Crippen molar-refractivity contribution < 1.29 is 4.92 Å². The summed E-state index contributed by atoms with van der Waals surface area (Å²) < 4.78 is 1.34. The van der Waals surface area contributed by atoms with E-state index in [1.54, 1.807) is 18.2 Å². The molecule has 1 aromatic heterocycles. The fourth-order valence-electron chi connectivity index (χ4n) is 2.79. The summed E-state index contributed by atoms with van der Waals surface area (Å²) in [4.78, 5) is 27.3. The number of aromatic nitrogens is 1. The van der Waals surface area contributed by atoms with Crippen LogP contribution in [0.4, 0.5) is 11.4 Å². The Bertz CT molecular complexity index is 828. The highest BCUT2D eigenvalue weighted by atomic mass is 35.5. The second-order valence-corrected chi connectivity index (χ2v) is 6.21. The van der Waals surface area contributed by atoms with Gasteiger partial charge in [-0.2, -0.15) is 0 Å². The van der Waals surface area contributed by atoms with Gasteiger partial charge in [-0.05, 0) is 25.2 Å². The highest BCUT2D eigenvalue weighted by Crippen LogP contribution is 2.31. The molecule has 0 unspecified atom stereocenters. The molecular weight excluding hydrogens is 332 g/mol. The van der Waals surface area contributed by atoms with Gasteiger partial charge in [-0.1, -0.05) is 11.6 Å². The van der Waals surface area contributed by atoms with E-state index in [0.29, 0.717) is 16.4 Å². The average molecular weight is 349 g/mol. The van der Waals surface area contributed by atoms with Gasteiger partial charge in [0.2, 0.25) is 0 Å². The van der Waals surface area contributed by atoms with Crippen molar-refractivity contribution >= 4 is 23.0 Å². The fraction of sp³-hybridized carbons (Fsp3) is 0.312. The van der Waals surface area contributed by atoms with Crippen LogP contribution in [0.15, 0.2) is 41.3 Å². The zero-order valence-corrected chi connectivity index (χ0v) is 13.9. The summed E-state index contributed by atoms with van der Waals surface area (Å²) in [5.74, 6) is 0. The first-order chi connectivity index (χ1) is 11.5. The number of nitrogens with zero attached hydrogens (tertiary/aromatic N) is 4. The van der Waals surface area contributed by atoms with Gasteiger partial charge in [0.25, 0.3) is 11.2 Å². The Morgan fingerprint density at radius 1 is 1.12 bits per heavy atom. The van der Waals surface area contributed by atoms with Crippen molar-refractivity contribution in [3.8, 4) is 5.69 Å². The Morgan fingerprint density at radius 3 is 2.46 bits per heavy atom. The third kappa shape index (κ3) is 3.27. The van der Waals surface area contributed by atoms with Gasteiger partial charge >= 0.3 is 0 Å². The maximum Gasteiger partial charge on any atom is 0.294 e. The molecule has 1 fully saturated rings. The summed E-state index contributed by atoms with van der Waals surface area (Å²) in [5, 5.41) is 11.8. The van der Waals surface area contributed by atoms with Crippen LogP contribution in [0.5, 0.6) is 0 Å². The topological polar surface area (TPSA) is 71.6 Å². The second kappa shape index (κ2) is 6.62. The van der Waals surface area contributed by atoms with Crippen LogP contribution in [0.3, 0.4) is 0 Å². The molecule has 3 rings (SSSR count). The maximum atomic E-state index is 12.0. The molecule has 24 heavy (non-hydrogen) atoms. The minimum atomic E-state index is -0.405. The third-order valence-corrected chi connectivity index (χ3v) is 4.39. The van der Waals surface area contributed by atoms with Crippen molar-refractivity contribution in [2.45, 2.75) is 0 Å². The monoisotopic (exact) mass is 348 g/mol. The van der Waals surface area contributed by atoms with E-state index in [1.807, 2.05) is 11.9 Å². The molecular formula is C16H17ClN4O3. The van der Waals surface area contributed by atoms with Crippen molar-refractivity contribution in [1.82, 2.24) is 9.47 Å². The molecule has 126 valence electrons. The molecule has 0 atom stereocenters. The number of halogens is 1. The van der Waals surface area contributed by atoms with E-state index in [1.165, 1.54) is 22.9 Å². The first-order valence-corrected chi connectivity index (χ1v) is 7.94. The SMILES string of the molecule is CN1CCN(c2ccc(-n3ccc(Cl)cc3=O)cc2[N+](=O)[O-])CC1. The van der Waals surface area contributed by atoms with Crippen molar-refractivity contribution in [1.29, 1.82) is 0 Å². The van der Waals surface area contributed by atoms with Gasteiger partial charge in [-0.15, -0.1) is 0 Å². The molecule has 1 aliphatic heterocycles. The lowest BCUT2D eigenvalue weighted by atomic mass is 10.2. The molecule has 2 heterocycles. The van der Waals surface area contributed by atoms with Crippen molar-refractivity contribution in [3.05, 3.63) is 62.0 Å². The summed E-state index contributed by atoms with van der Waals surface area (Å²) in [6.07, 6.45) is 1.51. The third-order valence-electron chi connectivity index (χ3n) is 4.16. The molecule has 0 saturated carbocycles. The van der Waals surface area contributed by atoms with Crippen LogP contribution < -0.4 is 10.5 Å². The van der Waals surface area contributed by atoms with E-state index in [2.05, 4.69) is 4.90 Å². The number of rotatable bonds is 3. The zero-order chi connectivity index (χ0) is 17.3. The van der Waals surface area contributed by atoms with Gasteiger partial charge in [0.05, 0.1) is 10.6 Å². The summed E-state index contributed by atoms with van der Waals surface area (Å²) >= 11 is 5.79. The molecule has 2 aromatic rings. The fourth-order valence-corrected chi connectivity index (χ4v) is 2.94. The molecule has 1 aromatic carbocycles. The Kier molecular flexibility index (Phi) is 4.55. The lowest BCUT2D eigenvalue weighted by Gasteiger charge is -2.33. The summed E-state index contributed by atoms with van der Waals surface area (Å²) in [6, 6.07) is 7.71. The van der Waals surface area contributed by atoms with Crippen molar-refractivity contribution in [3.63, 3.8) is 0 Å². The number of likely N-dealkylation sites (N-methyl/N-ethyl adjacent to an activating group) is 1. The minimum Gasteiger partial charge on any atom is -0.363 e. The molecule has 0 spiro atoms. The smallest absolute Gasteiger partial charge is 0.294 e. The van der Waals surface area contributed by atoms with Crippen LogP contribution in [-0.4, -0.2) is 47.6 Å². The molecule has 0 radical (unpaired) electrons. The molecule has 0 amide bonds. The van der Waals surface area contributed by atoms with Gasteiger partial charge < -0.3 is 9.80 Å². The van der Waals surface area contributed by atoms with Crippen LogP contribution in [0.2, 0.25) is 5.02 Å². The summed E-state index contributed by atoms with van der Waals surface area (Å²) in [6.45, 7) is 3.18. The van der Waals surface area contributed by atoms with E-state index < -0.39 is 4.92 Å². The quantitative estimate of drug-likeness (QED) is 0.628. The maximum absolute atomic E-state index is 12.0. The van der Waals surface area contributed by atoms with Gasteiger partial charge in [-0.3, -0.25) is 19.5 Å². The first-order valence-electron chi connectivity index (χ1n) is 7.56. The number of piperazine rings is 1. The molecule has 1 saturated heterocycles. The highest BCUT2D eigenvalue weighted by molar-refractivity contribution is 6.30. The number of nitro groups is 1. The summed E-state index contributed by atoms with van der Waals surface area (Å²) in [7, 11) is 2.03. The summed E-state index contributed by atoms with van der Waals surface area (Å²) in [5.41, 5.74) is 0.697. The first kappa shape index (κ1) is 16.5. The van der Waals surface area contributed by atoms with Crippen molar-refractivity contribution in [2.24, 2.45) is 0 Å². The Morgan fingerprint density at radius 2 is 1.83 bits per heavy atom. The molecule has 0 N–H and O–H groups in total.